The first-order valence-corrected chi connectivity index (χ1v) is 7.61. The number of likely N-dealkylation sites (tertiary alicyclic amines) is 1. The lowest BCUT2D eigenvalue weighted by atomic mass is 9.98. The molecule has 20 heavy (non-hydrogen) atoms. The largest absolute Gasteiger partial charge is 0.491 e. The molecule has 0 saturated carbocycles. The van der Waals surface area contributed by atoms with Crippen LogP contribution in [0, 0.1) is 5.92 Å². The van der Waals surface area contributed by atoms with Gasteiger partial charge in [-0.15, -0.1) is 11.6 Å². The number of ether oxygens (including phenoxy) is 1. The van der Waals surface area contributed by atoms with Crippen LogP contribution in [0.2, 0.25) is 0 Å². The Labute approximate surface area is 125 Å². The number of carbonyl (C=O) groups excluding carboxylic acids is 1. The summed E-state index contributed by atoms with van der Waals surface area (Å²) in [6.07, 6.45) is 1.06. The van der Waals surface area contributed by atoms with E-state index in [0.717, 1.165) is 18.7 Å². The van der Waals surface area contributed by atoms with Gasteiger partial charge in [0, 0.05) is 18.7 Å². The van der Waals surface area contributed by atoms with Gasteiger partial charge >= 0.3 is 0 Å². The molecule has 2 unspecified atom stereocenters. The highest BCUT2D eigenvalue weighted by molar-refractivity contribution is 6.21. The van der Waals surface area contributed by atoms with Gasteiger partial charge in [0.25, 0.3) is 5.91 Å². The van der Waals surface area contributed by atoms with Gasteiger partial charge in [-0.25, -0.2) is 0 Å². The number of rotatable bonds is 3. The van der Waals surface area contributed by atoms with Crippen molar-refractivity contribution in [2.45, 2.75) is 38.7 Å². The minimum atomic E-state index is 0.0387. The Balaban J connectivity index is 2.09. The number of carbonyl (C=O) groups is 1. The molecule has 1 saturated heterocycles. The van der Waals surface area contributed by atoms with Gasteiger partial charge in [-0.1, -0.05) is 13.0 Å². The molecule has 1 fully saturated rings. The minimum absolute atomic E-state index is 0.0387. The van der Waals surface area contributed by atoms with E-state index < -0.39 is 0 Å². The van der Waals surface area contributed by atoms with E-state index in [2.05, 4.69) is 6.92 Å². The van der Waals surface area contributed by atoms with E-state index in [-0.39, 0.29) is 17.4 Å². The summed E-state index contributed by atoms with van der Waals surface area (Å²) in [6, 6.07) is 7.37. The summed E-state index contributed by atoms with van der Waals surface area (Å²) in [5.41, 5.74) is 0.668. The lowest BCUT2D eigenvalue weighted by Gasteiger charge is -2.34. The van der Waals surface area contributed by atoms with E-state index >= 15 is 0 Å². The SMILES string of the molecule is CC(C)Oc1cccc(C(=O)N2CCC(C)C(Cl)C2)c1. The molecule has 2 rings (SSSR count). The molecule has 0 aromatic heterocycles. The van der Waals surface area contributed by atoms with Gasteiger partial charge in [0.15, 0.2) is 0 Å². The van der Waals surface area contributed by atoms with Crippen molar-refractivity contribution in [3.63, 3.8) is 0 Å². The Kier molecular flexibility index (Phi) is 4.92. The second kappa shape index (κ2) is 6.49. The minimum Gasteiger partial charge on any atom is -0.491 e. The van der Waals surface area contributed by atoms with Gasteiger partial charge in [0.1, 0.15) is 5.75 Å². The van der Waals surface area contributed by atoms with Crippen molar-refractivity contribution in [1.82, 2.24) is 4.90 Å². The Hall–Kier alpha value is -1.22. The molecule has 0 N–H and O–H groups in total. The maximum absolute atomic E-state index is 12.5. The zero-order valence-electron chi connectivity index (χ0n) is 12.3. The normalized spacial score (nSPS) is 22.9. The van der Waals surface area contributed by atoms with E-state index in [1.807, 2.05) is 43.0 Å². The average molecular weight is 296 g/mol. The van der Waals surface area contributed by atoms with Crippen LogP contribution in [-0.4, -0.2) is 35.4 Å². The molecule has 1 heterocycles. The summed E-state index contributed by atoms with van der Waals surface area (Å²) in [6.45, 7) is 7.48. The topological polar surface area (TPSA) is 29.5 Å². The van der Waals surface area contributed by atoms with Crippen molar-refractivity contribution in [2.24, 2.45) is 5.92 Å². The van der Waals surface area contributed by atoms with E-state index in [1.54, 1.807) is 0 Å². The lowest BCUT2D eigenvalue weighted by Crippen LogP contribution is -2.43. The highest BCUT2D eigenvalue weighted by atomic mass is 35.5. The zero-order valence-corrected chi connectivity index (χ0v) is 13.1. The number of alkyl halides is 1. The first-order valence-electron chi connectivity index (χ1n) is 7.17. The van der Waals surface area contributed by atoms with Gasteiger partial charge in [0.05, 0.1) is 11.5 Å². The van der Waals surface area contributed by atoms with Crippen LogP contribution in [0.4, 0.5) is 0 Å². The van der Waals surface area contributed by atoms with Crippen molar-refractivity contribution < 1.29 is 9.53 Å². The van der Waals surface area contributed by atoms with Gasteiger partial charge in [-0.3, -0.25) is 4.79 Å². The summed E-state index contributed by atoms with van der Waals surface area (Å²) in [7, 11) is 0. The predicted molar refractivity (Wildman–Crippen MR) is 81.5 cm³/mol. The number of halogens is 1. The second-order valence-electron chi connectivity index (χ2n) is 5.73. The van der Waals surface area contributed by atoms with Gasteiger partial charge in [-0.2, -0.15) is 0 Å². The molecule has 1 amide bonds. The standard InChI is InChI=1S/C16H22ClNO2/c1-11(2)20-14-6-4-5-13(9-14)16(19)18-8-7-12(3)15(17)10-18/h4-6,9,11-12,15H,7-8,10H2,1-3H3. The molecule has 0 aliphatic carbocycles. The maximum atomic E-state index is 12.5. The summed E-state index contributed by atoms with van der Waals surface area (Å²) in [4.78, 5) is 14.3. The molecule has 0 bridgehead atoms. The third-order valence-electron chi connectivity index (χ3n) is 3.61. The molecule has 1 aliphatic heterocycles. The Morgan fingerprint density at radius 3 is 2.85 bits per heavy atom. The van der Waals surface area contributed by atoms with Crippen LogP contribution in [0.1, 0.15) is 37.6 Å². The van der Waals surface area contributed by atoms with Crippen molar-refractivity contribution in [2.75, 3.05) is 13.1 Å². The maximum Gasteiger partial charge on any atom is 0.254 e. The molecule has 110 valence electrons. The number of benzene rings is 1. The summed E-state index contributed by atoms with van der Waals surface area (Å²) >= 11 is 6.27. The Bertz CT molecular complexity index is 475. The molecule has 3 nitrogen and oxygen atoms in total. The van der Waals surface area contributed by atoms with E-state index in [9.17, 15) is 4.79 Å². The molecule has 1 aromatic carbocycles. The number of hydrogen-bond donors (Lipinski definition) is 0. The average Bonchev–Trinajstić information content (AvgIpc) is 2.40. The highest BCUT2D eigenvalue weighted by Gasteiger charge is 2.28. The van der Waals surface area contributed by atoms with Crippen molar-refractivity contribution >= 4 is 17.5 Å². The Morgan fingerprint density at radius 2 is 2.20 bits per heavy atom. The number of nitrogens with zero attached hydrogens (tertiary/aromatic N) is 1. The quantitative estimate of drug-likeness (QED) is 0.798. The monoisotopic (exact) mass is 295 g/mol. The van der Waals surface area contributed by atoms with Crippen LogP contribution in [0.5, 0.6) is 5.75 Å². The molecule has 0 radical (unpaired) electrons. The zero-order chi connectivity index (χ0) is 14.7. The molecule has 0 spiro atoms. The van der Waals surface area contributed by atoms with Gasteiger partial charge in [-0.05, 0) is 44.4 Å². The highest BCUT2D eigenvalue weighted by Crippen LogP contribution is 2.24. The first-order chi connectivity index (χ1) is 9.47. The number of piperidine rings is 1. The fourth-order valence-electron chi connectivity index (χ4n) is 2.36. The van der Waals surface area contributed by atoms with E-state index in [0.29, 0.717) is 18.0 Å². The molecular weight excluding hydrogens is 274 g/mol. The molecule has 2 atom stereocenters. The van der Waals surface area contributed by atoms with Crippen molar-refractivity contribution in [3.8, 4) is 5.75 Å². The lowest BCUT2D eigenvalue weighted by molar-refractivity contribution is 0.0700. The second-order valence-corrected chi connectivity index (χ2v) is 6.29. The van der Waals surface area contributed by atoms with Crippen LogP contribution in [0.3, 0.4) is 0 Å². The summed E-state index contributed by atoms with van der Waals surface area (Å²) < 4.78 is 5.63. The van der Waals surface area contributed by atoms with Crippen LogP contribution in [0.25, 0.3) is 0 Å². The van der Waals surface area contributed by atoms with Crippen LogP contribution >= 0.6 is 11.6 Å². The summed E-state index contributed by atoms with van der Waals surface area (Å²) in [5, 5.41) is 0.0443. The third kappa shape index (κ3) is 3.66. The summed E-state index contributed by atoms with van der Waals surface area (Å²) in [5.74, 6) is 1.24. The molecule has 1 aromatic rings. The Morgan fingerprint density at radius 1 is 1.45 bits per heavy atom. The fourth-order valence-corrected chi connectivity index (χ4v) is 2.66. The van der Waals surface area contributed by atoms with E-state index in [4.69, 9.17) is 16.3 Å². The van der Waals surface area contributed by atoms with E-state index in [1.165, 1.54) is 0 Å². The van der Waals surface area contributed by atoms with Crippen LogP contribution < -0.4 is 4.74 Å². The van der Waals surface area contributed by atoms with Gasteiger partial charge in [0.2, 0.25) is 0 Å². The molecule has 4 heteroatoms. The van der Waals surface area contributed by atoms with Crippen molar-refractivity contribution in [1.29, 1.82) is 0 Å². The predicted octanol–water partition coefficient (Wildman–Crippen LogP) is 3.56. The first kappa shape index (κ1) is 15.2. The molecule has 1 aliphatic rings. The number of amides is 1. The third-order valence-corrected chi connectivity index (χ3v) is 4.17. The van der Waals surface area contributed by atoms with Gasteiger partial charge < -0.3 is 9.64 Å². The van der Waals surface area contributed by atoms with Crippen LogP contribution in [-0.2, 0) is 0 Å². The smallest absolute Gasteiger partial charge is 0.254 e. The fraction of sp³-hybridized carbons (Fsp3) is 0.562. The molecular formula is C16H22ClNO2. The van der Waals surface area contributed by atoms with Crippen molar-refractivity contribution in [3.05, 3.63) is 29.8 Å². The number of hydrogen-bond acceptors (Lipinski definition) is 2. The van der Waals surface area contributed by atoms with Crippen LogP contribution in [0.15, 0.2) is 24.3 Å².